The molecule has 0 aromatic heterocycles. The van der Waals surface area contributed by atoms with E-state index < -0.39 is 18.2 Å². The van der Waals surface area contributed by atoms with Gasteiger partial charge in [-0.05, 0) is 89.5 Å². The van der Waals surface area contributed by atoms with Crippen molar-refractivity contribution in [3.63, 3.8) is 0 Å². The van der Waals surface area contributed by atoms with Crippen molar-refractivity contribution in [2.24, 2.45) is 0 Å². The molecule has 0 radical (unpaired) electrons. The fourth-order valence-corrected chi connectivity index (χ4v) is 6.62. The van der Waals surface area contributed by atoms with Gasteiger partial charge in [0.25, 0.3) is 0 Å². The van der Waals surface area contributed by atoms with Gasteiger partial charge >= 0.3 is 5.97 Å². The third-order valence-electron chi connectivity index (χ3n) is 10.3. The van der Waals surface area contributed by atoms with Crippen molar-refractivity contribution in [2.75, 3.05) is 6.61 Å². The molecule has 0 aromatic carbocycles. The summed E-state index contributed by atoms with van der Waals surface area (Å²) in [7, 11) is 0. The molecule has 6 heteroatoms. The minimum absolute atomic E-state index is 0.0741. The monoisotopic (exact) mass is 846 g/mol. The Morgan fingerprint density at radius 2 is 0.918 bits per heavy atom. The van der Waals surface area contributed by atoms with E-state index in [0.29, 0.717) is 19.3 Å². The Labute approximate surface area is 375 Å². The van der Waals surface area contributed by atoms with Crippen molar-refractivity contribution in [3.05, 3.63) is 109 Å². The first-order valence-corrected chi connectivity index (χ1v) is 24.6. The molecule has 0 aliphatic heterocycles. The Hall–Kier alpha value is -3.48. The first kappa shape index (κ1) is 57.5. The summed E-state index contributed by atoms with van der Waals surface area (Å²) in [4.78, 5) is 26.0. The molecule has 0 saturated heterocycles. The molecule has 3 N–H and O–H groups in total. The number of esters is 1. The van der Waals surface area contributed by atoms with Crippen LogP contribution in [0.2, 0.25) is 0 Å². The molecule has 0 spiro atoms. The van der Waals surface area contributed by atoms with Crippen LogP contribution in [0.1, 0.15) is 201 Å². The van der Waals surface area contributed by atoms with E-state index in [-0.39, 0.29) is 31.3 Å². The molecule has 61 heavy (non-hydrogen) atoms. The number of unbranched alkanes of at least 4 members (excludes halogenated alkanes) is 14. The smallest absolute Gasteiger partial charge is 0.306 e. The van der Waals surface area contributed by atoms with Gasteiger partial charge in [-0.25, -0.2) is 0 Å². The van der Waals surface area contributed by atoms with Gasteiger partial charge in [0.05, 0.1) is 25.2 Å². The van der Waals surface area contributed by atoms with Gasteiger partial charge in [-0.15, -0.1) is 0 Å². The number of carbonyl (C=O) groups excluding carboxylic acids is 2. The Bertz CT molecular complexity index is 1270. The quantitative estimate of drug-likeness (QED) is 0.0323. The second-order valence-electron chi connectivity index (χ2n) is 16.1. The summed E-state index contributed by atoms with van der Waals surface area (Å²) < 4.78 is 5.78. The molecule has 0 aromatic rings. The molecule has 346 valence electrons. The number of aliphatic hydroxyl groups excluding tert-OH is 2. The van der Waals surface area contributed by atoms with Crippen LogP contribution in [-0.2, 0) is 14.3 Å². The third-order valence-corrected chi connectivity index (χ3v) is 10.3. The maximum absolute atomic E-state index is 13.1. The van der Waals surface area contributed by atoms with Gasteiger partial charge in [-0.2, -0.15) is 0 Å². The summed E-state index contributed by atoms with van der Waals surface area (Å²) in [5, 5.41) is 23.6. The van der Waals surface area contributed by atoms with Crippen LogP contribution in [0.5, 0.6) is 0 Å². The van der Waals surface area contributed by atoms with Crippen molar-refractivity contribution in [3.8, 4) is 0 Å². The number of rotatable bonds is 42. The topological polar surface area (TPSA) is 95.9 Å². The number of nitrogens with one attached hydrogen (secondary N) is 1. The Morgan fingerprint density at radius 3 is 1.39 bits per heavy atom. The largest absolute Gasteiger partial charge is 0.458 e. The van der Waals surface area contributed by atoms with Gasteiger partial charge in [0.1, 0.15) is 6.10 Å². The van der Waals surface area contributed by atoms with Crippen molar-refractivity contribution in [1.82, 2.24) is 5.32 Å². The highest BCUT2D eigenvalue weighted by atomic mass is 16.5. The molecule has 0 aliphatic carbocycles. The summed E-state index contributed by atoms with van der Waals surface area (Å²) in [5.41, 5.74) is 0. The number of ether oxygens (including phenoxy) is 1. The Morgan fingerprint density at radius 1 is 0.508 bits per heavy atom. The standard InChI is InChI=1S/C55H91NO5/c1-4-7-10-13-16-19-22-24-26-27-28-30-33-36-39-42-45-48-55(60)61-51(46-43-40-37-34-32-29-25-23-20-17-14-11-8-5-2)49-54(59)56-52(50-57)53(58)47-44-41-38-35-31-21-18-15-12-9-6-3/h8,11,16-17,19-20,24-26,28-30,34,36-37,39,43,46,51-53,57-58H,4-7,9-10,12-15,18,21-23,27,31-33,35,38,40-42,44-45,47-50H2,1-3H3,(H,56,59)/b11-8+,19-16-,20-17+,26-24-,29-25+,30-28-,37-34+,39-36-,46-43+. The molecular weight excluding hydrogens is 755 g/mol. The maximum atomic E-state index is 13.1. The van der Waals surface area contributed by atoms with Crippen molar-refractivity contribution in [1.29, 1.82) is 0 Å². The summed E-state index contributed by atoms with van der Waals surface area (Å²) in [5.74, 6) is -0.707. The summed E-state index contributed by atoms with van der Waals surface area (Å²) in [6.07, 6.45) is 64.6. The Kier molecular flexibility index (Phi) is 44.9. The number of aliphatic hydroxyl groups is 2. The molecule has 0 rings (SSSR count). The summed E-state index contributed by atoms with van der Waals surface area (Å²) >= 11 is 0. The summed E-state index contributed by atoms with van der Waals surface area (Å²) in [6.45, 7) is 6.26. The fourth-order valence-electron chi connectivity index (χ4n) is 6.62. The van der Waals surface area contributed by atoms with Gasteiger partial charge in [-0.1, -0.05) is 208 Å². The highest BCUT2D eigenvalue weighted by Gasteiger charge is 2.23. The van der Waals surface area contributed by atoms with Crippen molar-refractivity contribution < 1.29 is 24.5 Å². The lowest BCUT2D eigenvalue weighted by molar-refractivity contribution is -0.148. The van der Waals surface area contributed by atoms with Crippen LogP contribution in [0.4, 0.5) is 0 Å². The average Bonchev–Trinajstić information content (AvgIpc) is 3.25. The lowest BCUT2D eigenvalue weighted by Crippen LogP contribution is -2.46. The van der Waals surface area contributed by atoms with E-state index in [0.717, 1.165) is 70.6 Å². The zero-order valence-electron chi connectivity index (χ0n) is 39.2. The van der Waals surface area contributed by atoms with Crippen LogP contribution in [0.25, 0.3) is 0 Å². The molecule has 6 nitrogen and oxygen atoms in total. The van der Waals surface area contributed by atoms with E-state index in [1.165, 1.54) is 77.0 Å². The lowest BCUT2D eigenvalue weighted by atomic mass is 10.0. The number of amides is 1. The number of allylic oxidation sites excluding steroid dienone is 17. The van der Waals surface area contributed by atoms with Crippen LogP contribution < -0.4 is 5.32 Å². The molecule has 0 heterocycles. The summed E-state index contributed by atoms with van der Waals surface area (Å²) in [6, 6.07) is -0.759. The maximum Gasteiger partial charge on any atom is 0.306 e. The average molecular weight is 846 g/mol. The van der Waals surface area contributed by atoms with Gasteiger partial charge < -0.3 is 20.3 Å². The molecular formula is C55H91NO5. The molecule has 0 aliphatic rings. The lowest BCUT2D eigenvalue weighted by Gasteiger charge is -2.23. The van der Waals surface area contributed by atoms with Gasteiger partial charge in [-0.3, -0.25) is 9.59 Å². The van der Waals surface area contributed by atoms with E-state index >= 15 is 0 Å². The molecule has 0 fully saturated rings. The molecule has 3 unspecified atom stereocenters. The first-order chi connectivity index (χ1) is 30.0. The van der Waals surface area contributed by atoms with E-state index in [2.05, 4.69) is 123 Å². The molecule has 0 saturated carbocycles. The predicted molar refractivity (Wildman–Crippen MR) is 263 cm³/mol. The highest BCUT2D eigenvalue weighted by Crippen LogP contribution is 2.14. The predicted octanol–water partition coefficient (Wildman–Crippen LogP) is 14.7. The minimum atomic E-state index is -0.833. The first-order valence-electron chi connectivity index (χ1n) is 24.6. The van der Waals surface area contributed by atoms with Gasteiger partial charge in [0.15, 0.2) is 0 Å². The fraction of sp³-hybridized carbons (Fsp3) is 0.636. The number of hydrogen-bond donors (Lipinski definition) is 3. The van der Waals surface area contributed by atoms with E-state index in [9.17, 15) is 19.8 Å². The minimum Gasteiger partial charge on any atom is -0.458 e. The molecule has 3 atom stereocenters. The molecule has 0 bridgehead atoms. The van der Waals surface area contributed by atoms with Gasteiger partial charge in [0.2, 0.25) is 5.91 Å². The second kappa shape index (κ2) is 47.6. The SMILES string of the molecule is CC/C=C/C/C=C/C/C=C/C/C=C/C/C=C/C(CC(=O)NC(CO)C(O)CCCCCCCCCCCCC)OC(=O)CCC/C=C\C/C=C\C/C=C\C/C=C\CCCCC. The van der Waals surface area contributed by atoms with Crippen LogP contribution in [0.15, 0.2) is 109 Å². The van der Waals surface area contributed by atoms with Crippen molar-refractivity contribution in [2.45, 2.75) is 219 Å². The Balaban J connectivity index is 4.86. The van der Waals surface area contributed by atoms with E-state index in [4.69, 9.17) is 4.74 Å². The number of hydrogen-bond acceptors (Lipinski definition) is 5. The van der Waals surface area contributed by atoms with Crippen LogP contribution >= 0.6 is 0 Å². The van der Waals surface area contributed by atoms with Crippen LogP contribution in [0.3, 0.4) is 0 Å². The third kappa shape index (κ3) is 43.0. The van der Waals surface area contributed by atoms with E-state index in [1.54, 1.807) is 6.08 Å². The van der Waals surface area contributed by atoms with Crippen LogP contribution in [-0.4, -0.2) is 46.9 Å². The van der Waals surface area contributed by atoms with E-state index in [1.807, 2.05) is 6.08 Å². The number of carbonyl (C=O) groups is 2. The zero-order valence-corrected chi connectivity index (χ0v) is 39.2. The van der Waals surface area contributed by atoms with Gasteiger partial charge in [0, 0.05) is 6.42 Å². The van der Waals surface area contributed by atoms with Crippen molar-refractivity contribution >= 4 is 11.9 Å². The normalized spacial score (nSPS) is 14.2. The molecule has 1 amide bonds. The second-order valence-corrected chi connectivity index (χ2v) is 16.1. The zero-order chi connectivity index (χ0) is 44.5. The van der Waals surface area contributed by atoms with Crippen LogP contribution in [0, 0.1) is 0 Å². The highest BCUT2D eigenvalue weighted by molar-refractivity contribution is 5.78.